The van der Waals surface area contributed by atoms with Crippen LogP contribution in [0.15, 0.2) is 0 Å². The van der Waals surface area contributed by atoms with Crippen molar-refractivity contribution in [1.82, 2.24) is 13.5 Å². The first-order chi connectivity index (χ1) is 9.78. The van der Waals surface area contributed by atoms with Gasteiger partial charge in [0.05, 0.1) is 6.61 Å². The lowest BCUT2D eigenvalue weighted by atomic mass is 10.1. The lowest BCUT2D eigenvalue weighted by molar-refractivity contribution is 0.146. The molecule has 1 heterocycles. The fourth-order valence-electron chi connectivity index (χ4n) is 2.63. The van der Waals surface area contributed by atoms with Gasteiger partial charge >= 0.3 is 0 Å². The largest absolute Gasteiger partial charge is 0.395 e. The molecule has 0 aromatic carbocycles. The first-order valence-electron chi connectivity index (χ1n) is 7.81. The molecule has 7 heteroatoms. The molecule has 6 nitrogen and oxygen atoms in total. The van der Waals surface area contributed by atoms with Gasteiger partial charge in [0, 0.05) is 32.2 Å². The van der Waals surface area contributed by atoms with Crippen molar-refractivity contribution in [1.29, 1.82) is 0 Å². The van der Waals surface area contributed by atoms with Crippen LogP contribution >= 0.6 is 0 Å². The Morgan fingerprint density at radius 1 is 1.24 bits per heavy atom. The summed E-state index contributed by atoms with van der Waals surface area (Å²) in [5.41, 5.74) is 0. The third-order valence-corrected chi connectivity index (χ3v) is 5.83. The molecule has 1 unspecified atom stereocenters. The highest BCUT2D eigenvalue weighted by molar-refractivity contribution is 7.86. The summed E-state index contributed by atoms with van der Waals surface area (Å²) in [6.07, 6.45) is 2.61. The van der Waals surface area contributed by atoms with Crippen molar-refractivity contribution in [2.45, 2.75) is 39.2 Å². The van der Waals surface area contributed by atoms with Gasteiger partial charge in [-0.1, -0.05) is 20.3 Å². The van der Waals surface area contributed by atoms with Crippen molar-refractivity contribution < 1.29 is 13.5 Å². The third kappa shape index (κ3) is 5.49. The maximum absolute atomic E-state index is 12.9. The Morgan fingerprint density at radius 2 is 1.90 bits per heavy atom. The van der Waals surface area contributed by atoms with E-state index in [2.05, 4.69) is 0 Å². The predicted molar refractivity (Wildman–Crippen MR) is 85.3 cm³/mol. The normalized spacial score (nSPS) is 21.6. The Morgan fingerprint density at radius 3 is 2.43 bits per heavy atom. The van der Waals surface area contributed by atoms with Crippen molar-refractivity contribution >= 4 is 10.2 Å². The second-order valence-electron chi connectivity index (χ2n) is 6.51. The molecule has 0 aromatic rings. The van der Waals surface area contributed by atoms with Crippen LogP contribution in [0, 0.1) is 5.92 Å². The average molecular weight is 321 g/mol. The third-order valence-electron chi connectivity index (χ3n) is 3.77. The Kier molecular flexibility index (Phi) is 7.56. The highest BCUT2D eigenvalue weighted by Gasteiger charge is 2.36. The fourth-order valence-corrected chi connectivity index (χ4v) is 4.63. The average Bonchev–Trinajstić information content (AvgIpc) is 2.42. The van der Waals surface area contributed by atoms with Crippen molar-refractivity contribution in [3.05, 3.63) is 0 Å². The van der Waals surface area contributed by atoms with Gasteiger partial charge in [-0.2, -0.15) is 17.0 Å². The first-order valence-corrected chi connectivity index (χ1v) is 9.21. The number of aliphatic hydroxyl groups excluding tert-OH is 1. The number of rotatable bonds is 8. The molecule has 0 aliphatic carbocycles. The number of piperidine rings is 1. The number of hydrogen-bond acceptors (Lipinski definition) is 4. The number of aliphatic hydroxyl groups is 1. The van der Waals surface area contributed by atoms with Crippen LogP contribution in [0.4, 0.5) is 0 Å². The molecule has 1 rings (SSSR count). The Labute approximate surface area is 129 Å². The number of likely N-dealkylation sites (N-methyl/N-ethyl adjacent to an activating group) is 1. The van der Waals surface area contributed by atoms with Gasteiger partial charge in [-0.05, 0) is 32.9 Å². The van der Waals surface area contributed by atoms with Crippen LogP contribution in [-0.4, -0.2) is 80.0 Å². The van der Waals surface area contributed by atoms with Gasteiger partial charge in [0.2, 0.25) is 0 Å². The molecule has 1 N–H and O–H groups in total. The molecule has 0 radical (unpaired) electrons. The highest BCUT2D eigenvalue weighted by Crippen LogP contribution is 2.23. The van der Waals surface area contributed by atoms with Gasteiger partial charge in [0.25, 0.3) is 10.2 Å². The summed E-state index contributed by atoms with van der Waals surface area (Å²) in [5, 5.41) is 9.47. The van der Waals surface area contributed by atoms with Gasteiger partial charge in [0.15, 0.2) is 0 Å². The monoisotopic (exact) mass is 321 g/mol. The molecule has 0 spiro atoms. The van der Waals surface area contributed by atoms with Crippen LogP contribution in [-0.2, 0) is 10.2 Å². The van der Waals surface area contributed by atoms with Crippen molar-refractivity contribution in [3.8, 4) is 0 Å². The highest BCUT2D eigenvalue weighted by atomic mass is 32.2. The molecule has 1 atom stereocenters. The molecule has 126 valence electrons. The molecule has 21 heavy (non-hydrogen) atoms. The maximum Gasteiger partial charge on any atom is 0.282 e. The summed E-state index contributed by atoms with van der Waals surface area (Å²) in [4.78, 5) is 1.99. The van der Waals surface area contributed by atoms with Crippen molar-refractivity contribution in [3.63, 3.8) is 0 Å². The van der Waals surface area contributed by atoms with Crippen molar-refractivity contribution in [2.75, 3.05) is 46.9 Å². The summed E-state index contributed by atoms with van der Waals surface area (Å²) in [6, 6.07) is -0.266. The van der Waals surface area contributed by atoms with E-state index in [-0.39, 0.29) is 18.6 Å². The summed E-state index contributed by atoms with van der Waals surface area (Å²) in [5.74, 6) is 0.277. The van der Waals surface area contributed by atoms with E-state index >= 15 is 0 Å². The fraction of sp³-hybridized carbons (Fsp3) is 1.00. The standard InChI is InChI=1S/C14H31N3O3S/c1-13(2)11-16(10-9-15(3)4)21(19,20)17-8-6-5-7-14(17)12-18/h13-14,18H,5-12H2,1-4H3. The quantitative estimate of drug-likeness (QED) is 0.711. The van der Waals surface area contributed by atoms with E-state index in [1.54, 1.807) is 4.31 Å². The van der Waals surface area contributed by atoms with Crippen LogP contribution in [0.25, 0.3) is 0 Å². The van der Waals surface area contributed by atoms with Crippen LogP contribution in [0.5, 0.6) is 0 Å². The SMILES string of the molecule is CC(C)CN(CCN(C)C)S(=O)(=O)N1CCCCC1CO. The van der Waals surface area contributed by atoms with Gasteiger partial charge < -0.3 is 10.0 Å². The second kappa shape index (κ2) is 8.43. The maximum atomic E-state index is 12.9. The zero-order valence-electron chi connectivity index (χ0n) is 13.8. The Hall–Kier alpha value is -0.210. The minimum absolute atomic E-state index is 0.0948. The number of nitrogens with zero attached hydrogens (tertiary/aromatic N) is 3. The van der Waals surface area contributed by atoms with Gasteiger partial charge in [-0.25, -0.2) is 0 Å². The van der Waals surface area contributed by atoms with Crippen LogP contribution < -0.4 is 0 Å². The van der Waals surface area contributed by atoms with Gasteiger partial charge in [-0.15, -0.1) is 0 Å². The predicted octanol–water partition coefficient (Wildman–Crippen LogP) is 0.598. The van der Waals surface area contributed by atoms with Crippen LogP contribution in [0.2, 0.25) is 0 Å². The second-order valence-corrected chi connectivity index (χ2v) is 8.39. The number of hydrogen-bond donors (Lipinski definition) is 1. The zero-order chi connectivity index (χ0) is 16.0. The van der Waals surface area contributed by atoms with E-state index in [1.807, 2.05) is 32.8 Å². The van der Waals surface area contributed by atoms with E-state index < -0.39 is 10.2 Å². The lowest BCUT2D eigenvalue weighted by Gasteiger charge is -2.38. The van der Waals surface area contributed by atoms with Gasteiger partial charge in [0.1, 0.15) is 0 Å². The first kappa shape index (κ1) is 18.8. The molecule has 1 aliphatic rings. The van der Waals surface area contributed by atoms with Crippen LogP contribution in [0.3, 0.4) is 0 Å². The minimum Gasteiger partial charge on any atom is -0.395 e. The summed E-state index contributed by atoms with van der Waals surface area (Å²) in [7, 11) is 0.388. The van der Waals surface area contributed by atoms with E-state index in [0.29, 0.717) is 26.2 Å². The smallest absolute Gasteiger partial charge is 0.282 e. The summed E-state index contributed by atoms with van der Waals surface area (Å²) in [6.45, 7) is 6.18. The van der Waals surface area contributed by atoms with Crippen molar-refractivity contribution in [2.24, 2.45) is 5.92 Å². The van der Waals surface area contributed by atoms with Crippen LogP contribution in [0.1, 0.15) is 33.1 Å². The summed E-state index contributed by atoms with van der Waals surface area (Å²) < 4.78 is 28.9. The van der Waals surface area contributed by atoms with E-state index in [9.17, 15) is 13.5 Å². The molecule has 0 amide bonds. The topological polar surface area (TPSA) is 64.1 Å². The molecular formula is C14H31N3O3S. The Balaban J connectivity index is 2.90. The lowest BCUT2D eigenvalue weighted by Crippen LogP contribution is -2.53. The van der Waals surface area contributed by atoms with E-state index in [1.165, 1.54) is 4.31 Å². The molecule has 0 aromatic heterocycles. The molecular weight excluding hydrogens is 290 g/mol. The molecule has 0 saturated carbocycles. The molecule has 0 bridgehead atoms. The van der Waals surface area contributed by atoms with E-state index in [4.69, 9.17) is 0 Å². The zero-order valence-corrected chi connectivity index (χ0v) is 14.6. The minimum atomic E-state index is -3.50. The molecule has 1 fully saturated rings. The molecule has 1 aliphatic heterocycles. The summed E-state index contributed by atoms with van der Waals surface area (Å²) >= 11 is 0. The Bertz CT molecular complexity index is 398. The molecule has 1 saturated heterocycles. The van der Waals surface area contributed by atoms with Gasteiger partial charge in [-0.3, -0.25) is 0 Å². The van der Waals surface area contributed by atoms with E-state index in [0.717, 1.165) is 19.3 Å².